The number of hydrogen-bond acceptors (Lipinski definition) is 8. The van der Waals surface area contributed by atoms with Crippen molar-refractivity contribution in [3.8, 4) is 0 Å². The number of fused-ring (bicyclic) bond motifs is 3. The van der Waals surface area contributed by atoms with Gasteiger partial charge >= 0.3 is 12.1 Å². The number of piperidine rings is 1. The van der Waals surface area contributed by atoms with E-state index in [-0.39, 0.29) is 31.0 Å². The largest absolute Gasteiger partial charge is 0.458 e. The van der Waals surface area contributed by atoms with Crippen molar-refractivity contribution in [2.24, 2.45) is 17.8 Å². The lowest BCUT2D eigenvalue weighted by atomic mass is 9.66. The second-order valence-corrected chi connectivity index (χ2v) is 16.1. The van der Waals surface area contributed by atoms with Gasteiger partial charge < -0.3 is 14.8 Å². The van der Waals surface area contributed by atoms with Crippen molar-refractivity contribution in [2.45, 2.75) is 43.7 Å². The van der Waals surface area contributed by atoms with Gasteiger partial charge in [-0.25, -0.2) is 18.0 Å². The minimum absolute atomic E-state index is 0.0406. The van der Waals surface area contributed by atoms with Crippen LogP contribution in [0.2, 0.25) is 0 Å². The fourth-order valence-electron chi connectivity index (χ4n) is 6.84. The fourth-order valence-corrected chi connectivity index (χ4v) is 8.55. The van der Waals surface area contributed by atoms with Crippen LogP contribution >= 0.6 is 15.9 Å². The lowest BCUT2D eigenvalue weighted by Crippen LogP contribution is -2.59. The van der Waals surface area contributed by atoms with E-state index in [9.17, 15) is 27.6 Å². The van der Waals surface area contributed by atoms with Crippen LogP contribution < -0.4 is 10.2 Å². The molecule has 256 valence electrons. The number of para-hydroxylation sites is 1. The first-order chi connectivity index (χ1) is 23.2. The number of halogens is 1. The van der Waals surface area contributed by atoms with E-state index in [0.29, 0.717) is 26.9 Å². The van der Waals surface area contributed by atoms with Gasteiger partial charge in [-0.15, -0.1) is 0 Å². The molecule has 2 aliphatic heterocycles. The third kappa shape index (κ3) is 7.06. The minimum atomic E-state index is -4.11. The standard InChI is InChI=1S/C36H36BrN3O8S/c1-36(2,3)48-35(44)38-29-20-39(49(45,46)26-16-14-24(37)15-17-26)19-28-23(21-47-34(43)22-10-6-4-7-11-22)18-27-31(30(28)29)33(42)40(32(27)41)25-12-8-5-9-13-25/h4-17,27,29-31H,18-21H2,1-3H3,(H,38,44)/t27-,29-,30-,31-/m0/s1. The Balaban J connectivity index is 1.44. The maximum atomic E-state index is 14.3. The summed E-state index contributed by atoms with van der Waals surface area (Å²) >= 11 is 3.34. The average molecular weight is 751 g/mol. The molecule has 3 aromatic carbocycles. The maximum Gasteiger partial charge on any atom is 0.407 e. The molecular formula is C36H36BrN3O8S. The first-order valence-corrected chi connectivity index (χ1v) is 18.1. The van der Waals surface area contributed by atoms with Gasteiger partial charge in [-0.2, -0.15) is 4.31 Å². The summed E-state index contributed by atoms with van der Waals surface area (Å²) in [5.41, 5.74) is 0.922. The molecule has 2 saturated heterocycles. The Morgan fingerprint density at radius 2 is 1.53 bits per heavy atom. The topological polar surface area (TPSA) is 139 Å². The molecule has 0 aromatic heterocycles. The van der Waals surface area contributed by atoms with Gasteiger partial charge in [0.2, 0.25) is 21.8 Å². The summed E-state index contributed by atoms with van der Waals surface area (Å²) in [5.74, 6) is -3.97. The van der Waals surface area contributed by atoms with Crippen molar-refractivity contribution < 1.29 is 37.1 Å². The number of hydrogen-bond donors (Lipinski definition) is 1. The van der Waals surface area contributed by atoms with Crippen molar-refractivity contribution >= 4 is 55.5 Å². The molecule has 0 spiro atoms. The molecule has 1 aliphatic carbocycles. The third-order valence-electron chi connectivity index (χ3n) is 8.92. The Morgan fingerprint density at radius 1 is 0.898 bits per heavy atom. The summed E-state index contributed by atoms with van der Waals surface area (Å²) in [6.45, 7) is 4.55. The first kappa shape index (κ1) is 34.5. The van der Waals surface area contributed by atoms with Crippen LogP contribution in [0.25, 0.3) is 0 Å². The molecule has 11 nitrogen and oxygen atoms in total. The Kier molecular flexibility index (Phi) is 9.53. The van der Waals surface area contributed by atoms with E-state index in [2.05, 4.69) is 21.2 Å². The van der Waals surface area contributed by atoms with Gasteiger partial charge in [0.15, 0.2) is 0 Å². The summed E-state index contributed by atoms with van der Waals surface area (Å²) in [4.78, 5) is 55.9. The second kappa shape index (κ2) is 13.5. The summed E-state index contributed by atoms with van der Waals surface area (Å²) in [6.07, 6.45) is -0.728. The van der Waals surface area contributed by atoms with Crippen molar-refractivity contribution in [3.05, 3.63) is 106 Å². The maximum absolute atomic E-state index is 14.3. The zero-order valence-corrected chi connectivity index (χ0v) is 29.6. The molecule has 3 aromatic rings. The molecule has 49 heavy (non-hydrogen) atoms. The zero-order valence-electron chi connectivity index (χ0n) is 27.2. The highest BCUT2D eigenvalue weighted by Crippen LogP contribution is 2.49. The van der Waals surface area contributed by atoms with Gasteiger partial charge in [0.25, 0.3) is 0 Å². The Bertz CT molecular complexity index is 1910. The molecule has 0 bridgehead atoms. The van der Waals surface area contributed by atoms with Crippen molar-refractivity contribution in [1.29, 1.82) is 0 Å². The SMILES string of the molecule is CC(C)(C)OC(=O)N[C@H]1CN(S(=O)(=O)c2ccc(Br)cc2)CC2=C(COC(=O)c3ccccc3)C[C@@H]3C(=O)N(c4ccccc4)C(=O)[C@@H]3[C@@H]21. The lowest BCUT2D eigenvalue weighted by molar-refractivity contribution is -0.123. The predicted octanol–water partition coefficient (Wildman–Crippen LogP) is 5.33. The molecule has 3 aliphatic rings. The molecule has 0 unspecified atom stereocenters. The van der Waals surface area contributed by atoms with Crippen molar-refractivity contribution in [1.82, 2.24) is 9.62 Å². The number of nitrogens with one attached hydrogen (secondary N) is 1. The Morgan fingerprint density at radius 3 is 2.16 bits per heavy atom. The Hall–Kier alpha value is -4.33. The number of carbonyl (C=O) groups excluding carboxylic acids is 4. The average Bonchev–Trinajstić information content (AvgIpc) is 3.31. The molecule has 6 rings (SSSR count). The van der Waals surface area contributed by atoms with Gasteiger partial charge in [0.05, 0.1) is 34.0 Å². The van der Waals surface area contributed by atoms with E-state index in [4.69, 9.17) is 9.47 Å². The highest BCUT2D eigenvalue weighted by molar-refractivity contribution is 9.10. The smallest absolute Gasteiger partial charge is 0.407 e. The van der Waals surface area contributed by atoms with Crippen LogP contribution in [0.5, 0.6) is 0 Å². The number of benzene rings is 3. The number of anilines is 1. The lowest BCUT2D eigenvalue weighted by Gasteiger charge is -2.46. The molecule has 0 radical (unpaired) electrons. The van der Waals surface area contributed by atoms with Gasteiger partial charge in [-0.1, -0.05) is 52.3 Å². The monoisotopic (exact) mass is 749 g/mol. The summed E-state index contributed by atoms with van der Waals surface area (Å²) in [7, 11) is -4.11. The van der Waals surface area contributed by atoms with Crippen LogP contribution in [0.4, 0.5) is 10.5 Å². The third-order valence-corrected chi connectivity index (χ3v) is 11.3. The van der Waals surface area contributed by atoms with Crippen LogP contribution in [-0.2, 0) is 29.1 Å². The van der Waals surface area contributed by atoms with Gasteiger partial charge in [0.1, 0.15) is 12.2 Å². The minimum Gasteiger partial charge on any atom is -0.458 e. The van der Waals surface area contributed by atoms with Crippen LogP contribution in [0.15, 0.2) is 105 Å². The molecule has 3 amide bonds. The van der Waals surface area contributed by atoms with Crippen molar-refractivity contribution in [2.75, 3.05) is 24.6 Å². The van der Waals surface area contributed by atoms with Gasteiger partial charge in [-0.05, 0) is 86.9 Å². The number of carbonyl (C=O) groups is 4. The predicted molar refractivity (Wildman–Crippen MR) is 184 cm³/mol. The van der Waals surface area contributed by atoms with E-state index in [1.165, 1.54) is 21.3 Å². The van der Waals surface area contributed by atoms with Gasteiger partial charge in [0, 0.05) is 23.5 Å². The number of amides is 3. The number of alkyl carbamates (subject to hydrolysis) is 1. The van der Waals surface area contributed by atoms with Crippen LogP contribution in [0, 0.1) is 17.8 Å². The van der Waals surface area contributed by atoms with E-state index in [1.807, 2.05) is 0 Å². The molecule has 2 heterocycles. The van der Waals surface area contributed by atoms with E-state index < -0.39 is 63.3 Å². The number of sulfonamides is 1. The summed E-state index contributed by atoms with van der Waals surface area (Å²) < 4.78 is 41.5. The number of rotatable bonds is 7. The molecule has 2 fully saturated rings. The fraction of sp³-hybridized carbons (Fsp3) is 0.333. The molecule has 0 saturated carbocycles. The van der Waals surface area contributed by atoms with Crippen LogP contribution in [0.3, 0.4) is 0 Å². The van der Waals surface area contributed by atoms with Gasteiger partial charge in [-0.3, -0.25) is 14.5 Å². The number of ether oxygens (including phenoxy) is 2. The van der Waals surface area contributed by atoms with Crippen LogP contribution in [0.1, 0.15) is 37.6 Å². The molecule has 13 heteroatoms. The van der Waals surface area contributed by atoms with E-state index in [1.54, 1.807) is 93.6 Å². The summed E-state index contributed by atoms with van der Waals surface area (Å²) in [6, 6.07) is 22.2. The molecule has 4 atom stereocenters. The quantitative estimate of drug-likeness (QED) is 0.195. The second-order valence-electron chi connectivity index (χ2n) is 13.3. The summed E-state index contributed by atoms with van der Waals surface area (Å²) in [5, 5.41) is 2.85. The highest BCUT2D eigenvalue weighted by atomic mass is 79.9. The van der Waals surface area contributed by atoms with Crippen molar-refractivity contribution in [3.63, 3.8) is 0 Å². The number of imide groups is 1. The molecule has 1 N–H and O–H groups in total. The number of nitrogens with zero attached hydrogens (tertiary/aromatic N) is 2. The zero-order chi connectivity index (χ0) is 35.1. The molecular weight excluding hydrogens is 714 g/mol. The normalized spacial score (nSPS) is 22.7. The van der Waals surface area contributed by atoms with E-state index >= 15 is 0 Å². The number of esters is 1. The van der Waals surface area contributed by atoms with Crippen LogP contribution in [-0.4, -0.2) is 67.9 Å². The Labute approximate surface area is 293 Å². The highest BCUT2D eigenvalue weighted by Gasteiger charge is 2.58. The van der Waals surface area contributed by atoms with E-state index in [0.717, 1.165) is 0 Å². The first-order valence-electron chi connectivity index (χ1n) is 15.9.